The van der Waals surface area contributed by atoms with E-state index in [0.29, 0.717) is 16.6 Å². The van der Waals surface area contributed by atoms with E-state index < -0.39 is 0 Å². The molecular formula is C15H15FN4O. The van der Waals surface area contributed by atoms with Crippen molar-refractivity contribution in [2.45, 2.75) is 18.8 Å². The van der Waals surface area contributed by atoms with Gasteiger partial charge in [-0.15, -0.1) is 0 Å². The Morgan fingerprint density at radius 3 is 2.90 bits per heavy atom. The molecule has 1 saturated heterocycles. The standard InChI is InChI=1S/C15H15FN4O/c16-11-3-1-2-10-14(11)19-20-12(8-13(21)18-15(10)20)9-4-6-17-7-5-9/h1-3,8-9,17H,4-7H2,(H,18,21). The fourth-order valence-corrected chi connectivity index (χ4v) is 3.14. The number of rotatable bonds is 1. The van der Waals surface area contributed by atoms with E-state index in [1.54, 1.807) is 22.7 Å². The summed E-state index contributed by atoms with van der Waals surface area (Å²) in [6.07, 6.45) is 1.91. The maximum Gasteiger partial charge on any atom is 0.251 e. The quantitative estimate of drug-likeness (QED) is 0.717. The minimum Gasteiger partial charge on any atom is -0.317 e. The molecule has 0 aliphatic carbocycles. The number of fused-ring (bicyclic) bond motifs is 3. The van der Waals surface area contributed by atoms with Gasteiger partial charge in [-0.25, -0.2) is 8.91 Å². The predicted octanol–water partition coefficient (Wildman–Crippen LogP) is 1.78. The maximum absolute atomic E-state index is 13.9. The maximum atomic E-state index is 13.9. The van der Waals surface area contributed by atoms with Crippen LogP contribution in [0.5, 0.6) is 0 Å². The first-order valence-electron chi connectivity index (χ1n) is 7.15. The van der Waals surface area contributed by atoms with Crippen LogP contribution in [0.15, 0.2) is 29.1 Å². The first kappa shape index (κ1) is 12.5. The lowest BCUT2D eigenvalue weighted by Crippen LogP contribution is -2.28. The van der Waals surface area contributed by atoms with Crippen molar-refractivity contribution in [3.8, 4) is 0 Å². The van der Waals surface area contributed by atoms with Gasteiger partial charge in [0.1, 0.15) is 11.2 Å². The molecule has 2 aromatic heterocycles. The third kappa shape index (κ3) is 1.94. The van der Waals surface area contributed by atoms with E-state index in [1.165, 1.54) is 6.07 Å². The number of aromatic amines is 1. The van der Waals surface area contributed by atoms with E-state index in [2.05, 4.69) is 15.4 Å². The average Bonchev–Trinajstić information content (AvgIpc) is 2.88. The topological polar surface area (TPSA) is 62.2 Å². The molecule has 4 rings (SSSR count). The van der Waals surface area contributed by atoms with Gasteiger partial charge in [0.15, 0.2) is 5.82 Å². The fourth-order valence-electron chi connectivity index (χ4n) is 3.14. The Balaban J connectivity index is 2.04. The highest BCUT2D eigenvalue weighted by Gasteiger charge is 2.21. The van der Waals surface area contributed by atoms with Crippen LogP contribution in [0.3, 0.4) is 0 Å². The molecule has 0 radical (unpaired) electrons. The van der Waals surface area contributed by atoms with Crippen LogP contribution in [0.25, 0.3) is 16.6 Å². The third-order valence-corrected chi connectivity index (χ3v) is 4.18. The largest absolute Gasteiger partial charge is 0.317 e. The second-order valence-corrected chi connectivity index (χ2v) is 5.48. The minimum atomic E-state index is -0.367. The lowest BCUT2D eigenvalue weighted by molar-refractivity contribution is 0.446. The Morgan fingerprint density at radius 1 is 1.29 bits per heavy atom. The first-order valence-corrected chi connectivity index (χ1v) is 7.15. The Labute approximate surface area is 119 Å². The summed E-state index contributed by atoms with van der Waals surface area (Å²) >= 11 is 0. The lowest BCUT2D eigenvalue weighted by atomic mass is 9.94. The molecule has 0 amide bonds. The second kappa shape index (κ2) is 4.66. The molecule has 1 aliphatic heterocycles. The number of hydrogen-bond donors (Lipinski definition) is 2. The average molecular weight is 286 g/mol. The van der Waals surface area contributed by atoms with Crippen molar-refractivity contribution < 1.29 is 4.39 Å². The Hall–Kier alpha value is -2.21. The summed E-state index contributed by atoms with van der Waals surface area (Å²) in [5.74, 6) is -0.0956. The van der Waals surface area contributed by atoms with Gasteiger partial charge in [0.05, 0.1) is 5.69 Å². The molecule has 0 spiro atoms. The van der Waals surface area contributed by atoms with Crippen LogP contribution < -0.4 is 10.9 Å². The van der Waals surface area contributed by atoms with E-state index >= 15 is 0 Å². The van der Waals surface area contributed by atoms with Crippen LogP contribution in [0.4, 0.5) is 4.39 Å². The van der Waals surface area contributed by atoms with Crippen molar-refractivity contribution in [1.82, 2.24) is 19.9 Å². The van der Waals surface area contributed by atoms with Gasteiger partial charge in [-0.3, -0.25) is 4.79 Å². The molecular weight excluding hydrogens is 271 g/mol. The molecule has 0 saturated carbocycles. The van der Waals surface area contributed by atoms with E-state index in [1.807, 2.05) is 0 Å². The molecule has 5 nitrogen and oxygen atoms in total. The van der Waals surface area contributed by atoms with Crippen molar-refractivity contribution in [3.05, 3.63) is 46.1 Å². The van der Waals surface area contributed by atoms with Crippen molar-refractivity contribution >= 4 is 16.6 Å². The van der Waals surface area contributed by atoms with Crippen molar-refractivity contribution in [2.24, 2.45) is 0 Å². The predicted molar refractivity (Wildman–Crippen MR) is 78.1 cm³/mol. The Kier molecular flexibility index (Phi) is 2.78. The number of nitrogens with zero attached hydrogens (tertiary/aromatic N) is 2. The number of benzene rings is 1. The van der Waals surface area contributed by atoms with Crippen LogP contribution in [0.2, 0.25) is 0 Å². The number of piperidine rings is 1. The van der Waals surface area contributed by atoms with Gasteiger partial charge in [-0.2, -0.15) is 5.10 Å². The molecule has 6 heteroatoms. The van der Waals surface area contributed by atoms with Gasteiger partial charge >= 0.3 is 0 Å². The van der Waals surface area contributed by atoms with E-state index in [0.717, 1.165) is 31.6 Å². The number of H-pyrrole nitrogens is 1. The zero-order valence-corrected chi connectivity index (χ0v) is 11.4. The van der Waals surface area contributed by atoms with E-state index in [4.69, 9.17) is 0 Å². The number of aromatic nitrogens is 3. The number of nitrogens with one attached hydrogen (secondary N) is 2. The van der Waals surface area contributed by atoms with Crippen LogP contribution in [-0.2, 0) is 0 Å². The van der Waals surface area contributed by atoms with Crippen molar-refractivity contribution in [3.63, 3.8) is 0 Å². The summed E-state index contributed by atoms with van der Waals surface area (Å²) in [4.78, 5) is 14.7. The molecule has 21 heavy (non-hydrogen) atoms. The second-order valence-electron chi connectivity index (χ2n) is 5.48. The minimum absolute atomic E-state index is 0.165. The summed E-state index contributed by atoms with van der Waals surface area (Å²) in [6, 6.07) is 6.39. The summed E-state index contributed by atoms with van der Waals surface area (Å²) in [6.45, 7) is 1.85. The molecule has 0 atom stereocenters. The molecule has 3 heterocycles. The van der Waals surface area contributed by atoms with E-state index in [-0.39, 0.29) is 17.3 Å². The Morgan fingerprint density at radius 2 is 2.10 bits per heavy atom. The SMILES string of the molecule is O=c1cc(C2CCNCC2)n2nc3c(F)cccc3c2[nH]1. The van der Waals surface area contributed by atoms with Crippen molar-refractivity contribution in [1.29, 1.82) is 0 Å². The summed E-state index contributed by atoms with van der Waals surface area (Å²) in [7, 11) is 0. The molecule has 1 aliphatic rings. The van der Waals surface area contributed by atoms with Crippen LogP contribution >= 0.6 is 0 Å². The first-order chi connectivity index (χ1) is 10.2. The fraction of sp³-hybridized carbons (Fsp3) is 0.333. The van der Waals surface area contributed by atoms with Gasteiger partial charge in [-0.05, 0) is 38.1 Å². The van der Waals surface area contributed by atoms with Gasteiger partial charge in [0.25, 0.3) is 5.56 Å². The highest BCUT2D eigenvalue weighted by atomic mass is 19.1. The van der Waals surface area contributed by atoms with Gasteiger partial charge in [-0.1, -0.05) is 6.07 Å². The highest BCUT2D eigenvalue weighted by molar-refractivity contribution is 5.92. The monoisotopic (exact) mass is 286 g/mol. The van der Waals surface area contributed by atoms with Gasteiger partial charge < -0.3 is 10.3 Å². The van der Waals surface area contributed by atoms with Gasteiger partial charge in [0.2, 0.25) is 0 Å². The van der Waals surface area contributed by atoms with Crippen LogP contribution in [0.1, 0.15) is 24.5 Å². The molecule has 0 bridgehead atoms. The summed E-state index contributed by atoms with van der Waals surface area (Å²) in [5, 5.41) is 8.33. The number of halogens is 1. The Bertz CT molecular complexity index is 876. The van der Waals surface area contributed by atoms with Crippen molar-refractivity contribution in [2.75, 3.05) is 13.1 Å². The lowest BCUT2D eigenvalue weighted by Gasteiger charge is -2.23. The third-order valence-electron chi connectivity index (χ3n) is 4.18. The normalized spacial score (nSPS) is 16.8. The smallest absolute Gasteiger partial charge is 0.251 e. The summed E-state index contributed by atoms with van der Waals surface area (Å²) < 4.78 is 15.6. The molecule has 1 aromatic carbocycles. The van der Waals surface area contributed by atoms with E-state index in [9.17, 15) is 9.18 Å². The zero-order valence-electron chi connectivity index (χ0n) is 11.4. The van der Waals surface area contributed by atoms with Crippen LogP contribution in [-0.4, -0.2) is 27.7 Å². The van der Waals surface area contributed by atoms with Crippen LogP contribution in [0, 0.1) is 5.82 Å². The molecule has 1 fully saturated rings. The highest BCUT2D eigenvalue weighted by Crippen LogP contribution is 2.27. The van der Waals surface area contributed by atoms with Gasteiger partial charge in [0, 0.05) is 17.4 Å². The molecule has 0 unspecified atom stereocenters. The zero-order chi connectivity index (χ0) is 14.4. The molecule has 3 aromatic rings. The molecule has 2 N–H and O–H groups in total. The number of hydrogen-bond acceptors (Lipinski definition) is 3. The summed E-state index contributed by atoms with van der Waals surface area (Å²) in [5.41, 5.74) is 1.58. The molecule has 108 valence electrons.